The van der Waals surface area contributed by atoms with Gasteiger partial charge >= 0.3 is 5.97 Å². The van der Waals surface area contributed by atoms with Gasteiger partial charge in [0.2, 0.25) is 0 Å². The number of fused-ring (bicyclic) bond motifs is 1. The molecule has 0 unspecified atom stereocenters. The Bertz CT molecular complexity index is 745. The SMILES string of the molecule is O=C(O)CCOCCOCCOc1cc2c(=O)cc[nH]c2cc1Cl. The first-order chi connectivity index (χ1) is 11.6. The number of pyridine rings is 1. The van der Waals surface area contributed by atoms with E-state index in [4.69, 9.17) is 30.9 Å². The third kappa shape index (κ3) is 5.52. The molecular weight excluding hydrogens is 338 g/mol. The van der Waals surface area contributed by atoms with Crippen molar-refractivity contribution in [1.29, 1.82) is 0 Å². The molecule has 0 fully saturated rings. The molecule has 0 aliphatic rings. The van der Waals surface area contributed by atoms with E-state index in [-0.39, 0.29) is 25.1 Å². The third-order valence-corrected chi connectivity index (χ3v) is 3.42. The number of carboxylic acid groups (broad SMARTS) is 1. The van der Waals surface area contributed by atoms with Crippen molar-refractivity contribution in [3.05, 3.63) is 39.6 Å². The minimum atomic E-state index is -0.893. The number of hydrogen-bond acceptors (Lipinski definition) is 5. The molecule has 8 heteroatoms. The maximum absolute atomic E-state index is 11.8. The van der Waals surface area contributed by atoms with Crippen molar-refractivity contribution in [2.24, 2.45) is 0 Å². The van der Waals surface area contributed by atoms with E-state index in [1.54, 1.807) is 18.3 Å². The Labute approximate surface area is 143 Å². The van der Waals surface area contributed by atoms with Gasteiger partial charge < -0.3 is 24.3 Å². The smallest absolute Gasteiger partial charge is 0.305 e. The van der Waals surface area contributed by atoms with Gasteiger partial charge in [0.15, 0.2) is 5.43 Å². The monoisotopic (exact) mass is 355 g/mol. The Morgan fingerprint density at radius 3 is 2.58 bits per heavy atom. The normalized spacial score (nSPS) is 10.9. The van der Waals surface area contributed by atoms with E-state index in [1.165, 1.54) is 6.07 Å². The van der Waals surface area contributed by atoms with Crippen molar-refractivity contribution in [3.8, 4) is 5.75 Å². The average Bonchev–Trinajstić information content (AvgIpc) is 2.54. The highest BCUT2D eigenvalue weighted by Crippen LogP contribution is 2.27. The largest absolute Gasteiger partial charge is 0.490 e. The van der Waals surface area contributed by atoms with Gasteiger partial charge in [0.05, 0.1) is 43.4 Å². The van der Waals surface area contributed by atoms with Gasteiger partial charge in [0.25, 0.3) is 0 Å². The molecule has 1 aromatic carbocycles. The summed E-state index contributed by atoms with van der Waals surface area (Å²) < 4.78 is 15.9. The van der Waals surface area contributed by atoms with Crippen molar-refractivity contribution in [3.63, 3.8) is 0 Å². The molecule has 0 bridgehead atoms. The number of ether oxygens (including phenoxy) is 3. The Morgan fingerprint density at radius 1 is 1.12 bits per heavy atom. The van der Waals surface area contributed by atoms with E-state index in [9.17, 15) is 9.59 Å². The summed E-state index contributed by atoms with van der Waals surface area (Å²) >= 11 is 6.12. The molecule has 130 valence electrons. The summed E-state index contributed by atoms with van der Waals surface area (Å²) in [6, 6.07) is 4.68. The van der Waals surface area contributed by atoms with Crippen molar-refractivity contribution in [2.45, 2.75) is 6.42 Å². The number of hydrogen-bond donors (Lipinski definition) is 2. The minimum absolute atomic E-state index is 0.0251. The van der Waals surface area contributed by atoms with E-state index in [2.05, 4.69) is 4.98 Å². The molecule has 0 aliphatic carbocycles. The van der Waals surface area contributed by atoms with Crippen LogP contribution in [0.4, 0.5) is 0 Å². The number of carbonyl (C=O) groups is 1. The Hall–Kier alpha value is -2.09. The zero-order chi connectivity index (χ0) is 17.4. The van der Waals surface area contributed by atoms with Crippen LogP contribution in [-0.4, -0.2) is 49.1 Å². The second kappa shape index (κ2) is 9.27. The minimum Gasteiger partial charge on any atom is -0.490 e. The van der Waals surface area contributed by atoms with E-state index in [0.29, 0.717) is 41.5 Å². The summed E-state index contributed by atoms with van der Waals surface area (Å²) in [6.07, 6.45) is 1.54. The van der Waals surface area contributed by atoms with E-state index >= 15 is 0 Å². The molecule has 1 aromatic heterocycles. The van der Waals surface area contributed by atoms with Gasteiger partial charge in [-0.15, -0.1) is 0 Å². The summed E-state index contributed by atoms with van der Waals surface area (Å²) in [5, 5.41) is 9.35. The number of aromatic amines is 1. The first kappa shape index (κ1) is 18.3. The lowest BCUT2D eigenvalue weighted by Crippen LogP contribution is -2.12. The third-order valence-electron chi connectivity index (χ3n) is 3.13. The van der Waals surface area contributed by atoms with Gasteiger partial charge in [-0.2, -0.15) is 0 Å². The number of benzene rings is 1. The second-order valence-electron chi connectivity index (χ2n) is 4.89. The molecule has 0 radical (unpaired) electrons. The van der Waals surface area contributed by atoms with Crippen LogP contribution in [0.5, 0.6) is 5.75 Å². The van der Waals surface area contributed by atoms with Crippen LogP contribution in [-0.2, 0) is 14.3 Å². The Balaban J connectivity index is 1.72. The fraction of sp³-hybridized carbons (Fsp3) is 0.375. The van der Waals surface area contributed by atoms with Crippen LogP contribution in [0.1, 0.15) is 6.42 Å². The fourth-order valence-corrected chi connectivity index (χ4v) is 2.19. The van der Waals surface area contributed by atoms with Crippen LogP contribution >= 0.6 is 11.6 Å². The van der Waals surface area contributed by atoms with Crippen molar-refractivity contribution in [2.75, 3.05) is 33.0 Å². The topological polar surface area (TPSA) is 97.8 Å². The van der Waals surface area contributed by atoms with Crippen molar-refractivity contribution in [1.82, 2.24) is 4.98 Å². The lowest BCUT2D eigenvalue weighted by molar-refractivity contribution is -0.138. The van der Waals surface area contributed by atoms with Gasteiger partial charge in [-0.3, -0.25) is 9.59 Å². The van der Waals surface area contributed by atoms with Gasteiger partial charge in [0.1, 0.15) is 12.4 Å². The molecule has 24 heavy (non-hydrogen) atoms. The number of H-pyrrole nitrogens is 1. The molecule has 0 atom stereocenters. The number of nitrogens with one attached hydrogen (secondary N) is 1. The molecule has 2 aromatic rings. The number of aromatic nitrogens is 1. The molecule has 2 N–H and O–H groups in total. The van der Waals surface area contributed by atoms with E-state index < -0.39 is 5.97 Å². The summed E-state index contributed by atoms with van der Waals surface area (Å²) in [5.41, 5.74) is 0.537. The van der Waals surface area contributed by atoms with Crippen LogP contribution in [0.15, 0.2) is 29.2 Å². The van der Waals surface area contributed by atoms with Crippen LogP contribution in [0.3, 0.4) is 0 Å². The number of rotatable bonds is 10. The zero-order valence-electron chi connectivity index (χ0n) is 12.9. The highest BCUT2D eigenvalue weighted by atomic mass is 35.5. The van der Waals surface area contributed by atoms with Crippen molar-refractivity contribution >= 4 is 28.5 Å². The molecule has 0 saturated carbocycles. The van der Waals surface area contributed by atoms with E-state index in [1.807, 2.05) is 0 Å². The average molecular weight is 356 g/mol. The highest BCUT2D eigenvalue weighted by Gasteiger charge is 2.07. The van der Waals surface area contributed by atoms with Crippen LogP contribution in [0.2, 0.25) is 5.02 Å². The van der Waals surface area contributed by atoms with Crippen molar-refractivity contribution < 1.29 is 24.1 Å². The zero-order valence-corrected chi connectivity index (χ0v) is 13.7. The maximum atomic E-state index is 11.8. The summed E-state index contributed by atoms with van der Waals surface area (Å²) in [5.74, 6) is -0.474. The van der Waals surface area contributed by atoms with Gasteiger partial charge in [-0.25, -0.2) is 0 Å². The fourth-order valence-electron chi connectivity index (χ4n) is 1.98. The van der Waals surface area contributed by atoms with E-state index in [0.717, 1.165) is 0 Å². The second-order valence-corrected chi connectivity index (χ2v) is 5.29. The number of halogens is 1. The Morgan fingerprint density at radius 2 is 1.83 bits per heavy atom. The first-order valence-electron chi connectivity index (χ1n) is 7.39. The molecule has 7 nitrogen and oxygen atoms in total. The summed E-state index contributed by atoms with van der Waals surface area (Å²) in [4.78, 5) is 25.0. The molecule has 0 amide bonds. The highest BCUT2D eigenvalue weighted by molar-refractivity contribution is 6.32. The van der Waals surface area contributed by atoms with Gasteiger partial charge in [0, 0.05) is 17.6 Å². The predicted octanol–water partition coefficient (Wildman–Crippen LogP) is 2.07. The number of carboxylic acids is 1. The molecule has 1 heterocycles. The lowest BCUT2D eigenvalue weighted by Gasteiger charge is -2.10. The van der Waals surface area contributed by atoms with Crippen LogP contribution < -0.4 is 10.2 Å². The maximum Gasteiger partial charge on any atom is 0.305 e. The molecule has 0 saturated heterocycles. The van der Waals surface area contributed by atoms with Gasteiger partial charge in [-0.1, -0.05) is 11.6 Å². The molecule has 0 aliphatic heterocycles. The predicted molar refractivity (Wildman–Crippen MR) is 89.0 cm³/mol. The summed E-state index contributed by atoms with van der Waals surface area (Å²) in [7, 11) is 0. The molecule has 0 spiro atoms. The quantitative estimate of drug-likeness (QED) is 0.633. The summed E-state index contributed by atoms with van der Waals surface area (Å²) in [6.45, 7) is 1.41. The van der Waals surface area contributed by atoms with Gasteiger partial charge in [-0.05, 0) is 12.1 Å². The molecular formula is C16H18ClNO6. The standard InChI is InChI=1S/C16H18ClNO6/c17-12-10-13-11(14(19)1-3-18-13)9-15(12)24-8-7-23-6-5-22-4-2-16(20)21/h1,3,9-10H,2,4-8H2,(H,18,19)(H,20,21). The van der Waals surface area contributed by atoms with Crippen LogP contribution in [0, 0.1) is 0 Å². The van der Waals surface area contributed by atoms with Crippen LogP contribution in [0.25, 0.3) is 10.9 Å². The first-order valence-corrected chi connectivity index (χ1v) is 7.77. The Kier molecular flexibility index (Phi) is 7.05. The lowest BCUT2D eigenvalue weighted by atomic mass is 10.2. The molecule has 2 rings (SSSR count). The number of aliphatic carboxylic acids is 1.